The minimum atomic E-state index is -0.161. The fourth-order valence-corrected chi connectivity index (χ4v) is 7.15. The third-order valence-electron chi connectivity index (χ3n) is 9.99. The normalized spacial score (nSPS) is 12.3. The molecule has 0 unspecified atom stereocenters. The van der Waals surface area contributed by atoms with Gasteiger partial charge >= 0.3 is 0 Å². The summed E-state index contributed by atoms with van der Waals surface area (Å²) in [6.45, 7) is 15.4. The second-order valence-electron chi connectivity index (χ2n) is 15.8. The van der Waals surface area contributed by atoms with Crippen molar-refractivity contribution in [1.82, 2.24) is 15.0 Å². The van der Waals surface area contributed by atoms with E-state index < -0.39 is 0 Å². The van der Waals surface area contributed by atoms with Gasteiger partial charge in [0.2, 0.25) is 0 Å². The number of anilines is 3. The Bertz CT molecular complexity index is 2840. The minimum absolute atomic E-state index is 0. The predicted octanol–water partition coefficient (Wildman–Crippen LogP) is 12.7. The number of furan rings is 1. The van der Waals surface area contributed by atoms with Gasteiger partial charge in [0.25, 0.3) is 0 Å². The maximum atomic E-state index is 6.78. The van der Waals surface area contributed by atoms with Crippen LogP contribution in [0, 0.1) is 13.0 Å². The van der Waals surface area contributed by atoms with Crippen LogP contribution < -0.4 is 4.90 Å². The SMILES string of the molecule is Cc1cc(N(c2ccccc2)c2cc(C(C)(C)C)cc(-c3cc(C(C)(C)C)ccn3)n2)nc2c1oc1cccc3oc4c5ccccc5[c-]c2c4c13.[Pt]. The van der Waals surface area contributed by atoms with Crippen molar-refractivity contribution in [2.24, 2.45) is 0 Å². The van der Waals surface area contributed by atoms with Crippen LogP contribution in [0.4, 0.5) is 17.3 Å². The molecule has 0 saturated heterocycles. The van der Waals surface area contributed by atoms with Crippen LogP contribution in [-0.2, 0) is 31.9 Å². The van der Waals surface area contributed by atoms with Gasteiger partial charge in [0.15, 0.2) is 0 Å². The Kier molecular flexibility index (Phi) is 8.31. The fourth-order valence-electron chi connectivity index (χ4n) is 7.15. The number of aromatic nitrogens is 3. The molecule has 0 aliphatic heterocycles. The smallest absolute Gasteiger partial charge is 0.139 e. The average molecular weight is 875 g/mol. The van der Waals surface area contributed by atoms with E-state index in [1.807, 2.05) is 54.7 Å². The number of fused-ring (bicyclic) bond motifs is 4. The number of para-hydroxylation sites is 1. The summed E-state index contributed by atoms with van der Waals surface area (Å²) >= 11 is 0. The van der Waals surface area contributed by atoms with Crippen LogP contribution in [0.2, 0.25) is 0 Å². The van der Waals surface area contributed by atoms with E-state index in [4.69, 9.17) is 23.8 Å². The monoisotopic (exact) mass is 874 g/mol. The van der Waals surface area contributed by atoms with Gasteiger partial charge in [-0.2, -0.15) is 0 Å². The molecule has 0 saturated carbocycles. The molecule has 0 N–H and O–H groups in total. The first kappa shape index (κ1) is 34.7. The van der Waals surface area contributed by atoms with E-state index in [0.717, 1.165) is 77.7 Å². The molecule has 5 aromatic heterocycles. The molecule has 0 amide bonds. The van der Waals surface area contributed by atoms with Crippen molar-refractivity contribution in [3.63, 3.8) is 0 Å². The zero-order chi connectivity index (χ0) is 35.9. The minimum Gasteiger partial charge on any atom is -0.472 e. The van der Waals surface area contributed by atoms with Gasteiger partial charge in [-0.3, -0.25) is 14.9 Å². The van der Waals surface area contributed by atoms with Gasteiger partial charge < -0.3 is 8.83 Å². The summed E-state index contributed by atoms with van der Waals surface area (Å²) in [5, 5.41) is 4.70. The van der Waals surface area contributed by atoms with Crippen molar-refractivity contribution in [3.05, 3.63) is 132 Å². The number of benzene rings is 4. The quantitative estimate of drug-likeness (QED) is 0.164. The Morgan fingerprint density at radius 2 is 1.28 bits per heavy atom. The van der Waals surface area contributed by atoms with Crippen LogP contribution in [0.3, 0.4) is 0 Å². The average Bonchev–Trinajstić information content (AvgIpc) is 3.46. The van der Waals surface area contributed by atoms with Crippen LogP contribution in [0.15, 0.2) is 118 Å². The summed E-state index contributed by atoms with van der Waals surface area (Å²) in [7, 11) is 0. The molecule has 53 heavy (non-hydrogen) atoms. The Hall–Kier alpha value is -5.32. The summed E-state index contributed by atoms with van der Waals surface area (Å²) in [5.41, 5.74) is 9.42. The van der Waals surface area contributed by atoms with E-state index in [9.17, 15) is 0 Å². The Labute approximate surface area is 323 Å². The zero-order valence-electron chi connectivity index (χ0n) is 30.8. The topological polar surface area (TPSA) is 68.2 Å². The number of rotatable bonds is 4. The molecule has 4 aromatic carbocycles. The van der Waals surface area contributed by atoms with Crippen molar-refractivity contribution in [3.8, 4) is 11.4 Å². The van der Waals surface area contributed by atoms with Gasteiger partial charge in [-0.1, -0.05) is 89.4 Å². The van der Waals surface area contributed by atoms with E-state index in [1.54, 1.807) is 0 Å². The van der Waals surface area contributed by atoms with E-state index in [0.29, 0.717) is 16.9 Å². The fraction of sp³-hybridized carbons (Fsp3) is 0.196. The number of aryl methyl sites for hydroxylation is 1. The second-order valence-corrected chi connectivity index (χ2v) is 15.8. The molecular weight excluding hydrogens is 836 g/mol. The molecule has 0 spiro atoms. The Morgan fingerprint density at radius 3 is 2.02 bits per heavy atom. The predicted molar refractivity (Wildman–Crippen MR) is 213 cm³/mol. The Balaban J connectivity index is 0.00000400. The molecule has 0 aliphatic rings. The molecule has 0 bridgehead atoms. The maximum Gasteiger partial charge on any atom is 0.139 e. The van der Waals surface area contributed by atoms with Gasteiger partial charge in [-0.15, -0.1) is 17.5 Å². The summed E-state index contributed by atoms with van der Waals surface area (Å²) in [6.07, 6.45) is 1.89. The number of hydrogen-bond acceptors (Lipinski definition) is 6. The molecule has 0 aliphatic carbocycles. The van der Waals surface area contributed by atoms with E-state index in [-0.39, 0.29) is 31.9 Å². The first-order chi connectivity index (χ1) is 24.9. The molecule has 0 atom stereocenters. The first-order valence-corrected chi connectivity index (χ1v) is 17.8. The van der Waals surface area contributed by atoms with E-state index in [1.165, 1.54) is 5.56 Å². The van der Waals surface area contributed by atoms with Crippen LogP contribution in [0.5, 0.6) is 0 Å². The Morgan fingerprint density at radius 1 is 0.623 bits per heavy atom. The molecule has 0 radical (unpaired) electrons. The number of hydrogen-bond donors (Lipinski definition) is 0. The summed E-state index contributed by atoms with van der Waals surface area (Å²) in [4.78, 5) is 17.8. The summed E-state index contributed by atoms with van der Waals surface area (Å²) in [6, 6.07) is 39.0. The van der Waals surface area contributed by atoms with Crippen molar-refractivity contribution in [1.29, 1.82) is 0 Å². The van der Waals surface area contributed by atoms with Crippen molar-refractivity contribution >= 4 is 72.1 Å². The third-order valence-corrected chi connectivity index (χ3v) is 9.99. The summed E-state index contributed by atoms with van der Waals surface area (Å²) < 4.78 is 13.3. The largest absolute Gasteiger partial charge is 0.472 e. The van der Waals surface area contributed by atoms with Crippen LogP contribution in [0.1, 0.15) is 58.2 Å². The molecule has 266 valence electrons. The van der Waals surface area contributed by atoms with Gasteiger partial charge in [-0.05, 0) is 99.8 Å². The van der Waals surface area contributed by atoms with Crippen LogP contribution >= 0.6 is 0 Å². The van der Waals surface area contributed by atoms with Crippen LogP contribution in [0.25, 0.3) is 66.2 Å². The molecule has 6 nitrogen and oxygen atoms in total. The summed E-state index contributed by atoms with van der Waals surface area (Å²) in [5.74, 6) is 1.46. The van der Waals surface area contributed by atoms with Gasteiger partial charge in [-0.25, -0.2) is 4.98 Å². The molecule has 0 fully saturated rings. The molecule has 9 aromatic rings. The standard InChI is InChI=1S/C46H39N4O2.Pt/c1-27-22-38(49-42-33-23-28-14-11-12-17-32(28)44-40(33)41-36(51-43(27)42)18-13-19-37(41)52-44)50(31-15-9-8-10-16-31)39-26-30(46(5,6)7)25-35(48-39)34-24-29(20-21-47-34)45(2,3)4;/h8-22,24-26H,1-7H3;/q-1;. The number of pyridine rings is 3. The van der Waals surface area contributed by atoms with Crippen molar-refractivity contribution in [2.75, 3.05) is 4.90 Å². The second kappa shape index (κ2) is 12.7. The zero-order valence-corrected chi connectivity index (χ0v) is 33.1. The van der Waals surface area contributed by atoms with Crippen LogP contribution in [-0.4, -0.2) is 15.0 Å². The van der Waals surface area contributed by atoms with Gasteiger partial charge in [0.1, 0.15) is 28.4 Å². The molecule has 9 rings (SSSR count). The van der Waals surface area contributed by atoms with E-state index in [2.05, 4.69) is 114 Å². The van der Waals surface area contributed by atoms with Gasteiger partial charge in [0, 0.05) is 38.3 Å². The van der Waals surface area contributed by atoms with Crippen molar-refractivity contribution < 1.29 is 29.9 Å². The van der Waals surface area contributed by atoms with E-state index >= 15 is 0 Å². The maximum absolute atomic E-state index is 6.78. The third kappa shape index (κ3) is 5.90. The number of nitrogens with zero attached hydrogens (tertiary/aromatic N) is 4. The first-order valence-electron chi connectivity index (χ1n) is 17.8. The van der Waals surface area contributed by atoms with Gasteiger partial charge in [0.05, 0.1) is 22.5 Å². The van der Waals surface area contributed by atoms with Crippen molar-refractivity contribution in [2.45, 2.75) is 59.3 Å². The molecular formula is C46H39N4O2Pt-. The molecule has 5 heterocycles. The molecule has 7 heteroatoms.